The minimum absolute atomic E-state index is 0.0713. The van der Waals surface area contributed by atoms with Gasteiger partial charge >= 0.3 is 5.51 Å². The molecular formula is C10H8F3N3O3S. The zero-order valence-electron chi connectivity index (χ0n) is 9.76. The molecule has 6 nitrogen and oxygen atoms in total. The van der Waals surface area contributed by atoms with E-state index < -0.39 is 26.1 Å². The fourth-order valence-electron chi connectivity index (χ4n) is 1.55. The lowest BCUT2D eigenvalue weighted by Crippen LogP contribution is -2.23. The second-order valence-corrected chi connectivity index (χ2v) is 5.86. The highest BCUT2D eigenvalue weighted by molar-refractivity contribution is 7.92. The molecule has 0 saturated carbocycles. The van der Waals surface area contributed by atoms with Gasteiger partial charge in [-0.25, -0.2) is 8.42 Å². The number of sulfone groups is 1. The zero-order chi connectivity index (χ0) is 15.1. The summed E-state index contributed by atoms with van der Waals surface area (Å²) in [6, 6.07) is 3.63. The molecule has 1 aromatic carbocycles. The molecule has 1 aromatic rings. The van der Waals surface area contributed by atoms with Gasteiger partial charge in [-0.2, -0.15) is 23.3 Å². The largest absolute Gasteiger partial charge is 0.501 e. The fourth-order valence-corrected chi connectivity index (χ4v) is 2.31. The van der Waals surface area contributed by atoms with Crippen LogP contribution in [-0.2, 0) is 14.6 Å². The maximum absolute atomic E-state index is 12.3. The number of alkyl halides is 3. The maximum Gasteiger partial charge on any atom is 0.501 e. The minimum Gasteiger partial charge on any atom is -0.385 e. The number of amides is 1. The molecule has 0 saturated heterocycles. The van der Waals surface area contributed by atoms with Gasteiger partial charge < -0.3 is 5.73 Å². The molecule has 20 heavy (non-hydrogen) atoms. The summed E-state index contributed by atoms with van der Waals surface area (Å²) < 4.78 is 59.3. The molecule has 0 fully saturated rings. The molecule has 108 valence electrons. The first-order valence-electron chi connectivity index (χ1n) is 5.20. The van der Waals surface area contributed by atoms with E-state index in [-0.39, 0.29) is 17.9 Å². The van der Waals surface area contributed by atoms with Crippen molar-refractivity contribution >= 4 is 27.3 Å². The number of nitrogens with zero attached hydrogens (tertiary/aromatic N) is 2. The smallest absolute Gasteiger partial charge is 0.385 e. The Bertz CT molecular complexity index is 680. The van der Waals surface area contributed by atoms with E-state index in [1.54, 1.807) is 0 Å². The molecule has 1 aliphatic rings. The first kappa shape index (κ1) is 14.3. The van der Waals surface area contributed by atoms with Crippen molar-refractivity contribution < 1.29 is 26.4 Å². The SMILES string of the molecule is NC1=NN(c2ccc(S(=O)(=O)C(F)(F)F)cc2)C(=O)C1. The van der Waals surface area contributed by atoms with E-state index >= 15 is 0 Å². The van der Waals surface area contributed by atoms with Crippen LogP contribution >= 0.6 is 0 Å². The summed E-state index contributed by atoms with van der Waals surface area (Å²) in [4.78, 5) is 10.6. The number of amidine groups is 1. The van der Waals surface area contributed by atoms with Gasteiger partial charge in [0.25, 0.3) is 15.7 Å². The van der Waals surface area contributed by atoms with Crippen molar-refractivity contribution in [3.05, 3.63) is 24.3 Å². The van der Waals surface area contributed by atoms with Crippen LogP contribution in [0.2, 0.25) is 0 Å². The fraction of sp³-hybridized carbons (Fsp3) is 0.200. The van der Waals surface area contributed by atoms with Gasteiger partial charge in [-0.3, -0.25) is 4.79 Å². The van der Waals surface area contributed by atoms with E-state index in [1.807, 2.05) is 0 Å². The molecule has 0 aliphatic carbocycles. The van der Waals surface area contributed by atoms with Crippen molar-refractivity contribution in [1.82, 2.24) is 0 Å². The highest BCUT2D eigenvalue weighted by atomic mass is 32.2. The number of carbonyl (C=O) groups excluding carboxylic acids is 1. The van der Waals surface area contributed by atoms with E-state index in [0.717, 1.165) is 29.3 Å². The Balaban J connectivity index is 2.35. The number of anilines is 1. The van der Waals surface area contributed by atoms with Gasteiger partial charge in [-0.05, 0) is 24.3 Å². The van der Waals surface area contributed by atoms with Crippen LogP contribution in [0.5, 0.6) is 0 Å². The number of hydrogen-bond acceptors (Lipinski definition) is 5. The molecular weight excluding hydrogens is 299 g/mol. The summed E-state index contributed by atoms with van der Waals surface area (Å²) in [5, 5.41) is 4.59. The van der Waals surface area contributed by atoms with Gasteiger partial charge in [-0.1, -0.05) is 0 Å². The third-order valence-electron chi connectivity index (χ3n) is 2.49. The summed E-state index contributed by atoms with van der Waals surface area (Å²) in [5.74, 6) is -0.379. The molecule has 1 heterocycles. The molecule has 1 aliphatic heterocycles. The van der Waals surface area contributed by atoms with Crippen molar-refractivity contribution in [3.8, 4) is 0 Å². The Labute approximate surface area is 111 Å². The Hall–Kier alpha value is -2.10. The van der Waals surface area contributed by atoms with Crippen molar-refractivity contribution in [2.75, 3.05) is 5.01 Å². The van der Waals surface area contributed by atoms with Crippen LogP contribution in [-0.4, -0.2) is 25.7 Å². The Morgan fingerprint density at radius 3 is 2.15 bits per heavy atom. The highest BCUT2D eigenvalue weighted by Gasteiger charge is 2.46. The highest BCUT2D eigenvalue weighted by Crippen LogP contribution is 2.31. The zero-order valence-corrected chi connectivity index (χ0v) is 10.6. The number of benzene rings is 1. The Morgan fingerprint density at radius 1 is 1.20 bits per heavy atom. The van der Waals surface area contributed by atoms with Crippen LogP contribution in [0, 0.1) is 0 Å². The molecule has 0 unspecified atom stereocenters. The van der Waals surface area contributed by atoms with Crippen LogP contribution in [0.25, 0.3) is 0 Å². The number of nitrogens with two attached hydrogens (primary N) is 1. The number of hydrazone groups is 1. The van der Waals surface area contributed by atoms with Crippen LogP contribution in [0.3, 0.4) is 0 Å². The molecule has 2 rings (SSSR count). The molecule has 0 bridgehead atoms. The van der Waals surface area contributed by atoms with Gasteiger partial charge in [-0.15, -0.1) is 0 Å². The molecule has 0 radical (unpaired) electrons. The number of carbonyl (C=O) groups is 1. The molecule has 0 spiro atoms. The normalized spacial score (nSPS) is 16.4. The standard InChI is InChI=1S/C10H8F3N3O3S/c11-10(12,13)20(18,19)7-3-1-6(2-4-7)16-9(17)5-8(14)15-16/h1-4H,5H2,(H2,14,15). The summed E-state index contributed by atoms with van der Waals surface area (Å²) in [6.45, 7) is 0. The first-order valence-corrected chi connectivity index (χ1v) is 6.68. The minimum atomic E-state index is -5.40. The van der Waals surface area contributed by atoms with Crippen LogP contribution in [0.1, 0.15) is 6.42 Å². The summed E-state index contributed by atoms with van der Waals surface area (Å²) in [6.07, 6.45) is -0.0946. The van der Waals surface area contributed by atoms with Gasteiger partial charge in [0.1, 0.15) is 5.84 Å². The third kappa shape index (κ3) is 2.33. The van der Waals surface area contributed by atoms with E-state index in [4.69, 9.17) is 5.73 Å². The van der Waals surface area contributed by atoms with E-state index in [1.165, 1.54) is 0 Å². The van der Waals surface area contributed by atoms with Gasteiger partial charge in [0.05, 0.1) is 17.0 Å². The second-order valence-electron chi connectivity index (χ2n) is 3.92. The number of rotatable bonds is 2. The summed E-state index contributed by atoms with van der Waals surface area (Å²) >= 11 is 0. The molecule has 1 amide bonds. The Morgan fingerprint density at radius 2 is 1.75 bits per heavy atom. The topological polar surface area (TPSA) is 92.8 Å². The quantitative estimate of drug-likeness (QED) is 0.881. The Kier molecular flexibility index (Phi) is 3.20. The number of hydrogen-bond donors (Lipinski definition) is 1. The van der Waals surface area contributed by atoms with Crippen LogP contribution in [0.15, 0.2) is 34.3 Å². The summed E-state index contributed by atoms with van der Waals surface area (Å²) in [5.41, 5.74) is 0.113. The van der Waals surface area contributed by atoms with Crippen molar-refractivity contribution in [3.63, 3.8) is 0 Å². The van der Waals surface area contributed by atoms with Crippen molar-refractivity contribution in [2.24, 2.45) is 10.8 Å². The predicted octanol–water partition coefficient (Wildman–Crippen LogP) is 0.989. The second kappa shape index (κ2) is 4.47. The lowest BCUT2D eigenvalue weighted by Gasteiger charge is -2.12. The average molecular weight is 307 g/mol. The van der Waals surface area contributed by atoms with Gasteiger partial charge in [0, 0.05) is 0 Å². The van der Waals surface area contributed by atoms with Gasteiger partial charge in [0.15, 0.2) is 0 Å². The van der Waals surface area contributed by atoms with E-state index in [2.05, 4.69) is 5.10 Å². The van der Waals surface area contributed by atoms with Crippen LogP contribution < -0.4 is 10.7 Å². The first-order chi connectivity index (χ1) is 9.13. The average Bonchev–Trinajstić information content (AvgIpc) is 2.67. The monoisotopic (exact) mass is 307 g/mol. The van der Waals surface area contributed by atoms with Crippen LogP contribution in [0.4, 0.5) is 18.9 Å². The number of halogens is 3. The lowest BCUT2D eigenvalue weighted by molar-refractivity contribution is -0.116. The molecule has 0 atom stereocenters. The molecule has 0 aromatic heterocycles. The summed E-state index contributed by atoms with van der Waals surface area (Å²) in [7, 11) is -5.40. The predicted molar refractivity (Wildman–Crippen MR) is 63.4 cm³/mol. The maximum atomic E-state index is 12.3. The lowest BCUT2D eigenvalue weighted by atomic mass is 10.3. The molecule has 2 N–H and O–H groups in total. The van der Waals surface area contributed by atoms with E-state index in [9.17, 15) is 26.4 Å². The molecule has 10 heteroatoms. The van der Waals surface area contributed by atoms with E-state index in [0.29, 0.717) is 0 Å². The van der Waals surface area contributed by atoms with Crippen molar-refractivity contribution in [2.45, 2.75) is 16.8 Å². The van der Waals surface area contributed by atoms with Crippen molar-refractivity contribution in [1.29, 1.82) is 0 Å². The third-order valence-corrected chi connectivity index (χ3v) is 4.00. The van der Waals surface area contributed by atoms with Gasteiger partial charge in [0.2, 0.25) is 0 Å².